The maximum atomic E-state index is 12.9. The molecule has 34 heavy (non-hydrogen) atoms. The average Bonchev–Trinajstić information content (AvgIpc) is 2.78. The molecule has 5 atom stereocenters. The van der Waals surface area contributed by atoms with E-state index in [1.165, 1.54) is 18.7 Å². The van der Waals surface area contributed by atoms with Crippen LogP contribution in [0.2, 0.25) is 0 Å². The predicted molar refractivity (Wildman–Crippen MR) is 132 cm³/mol. The molecule has 0 aromatic heterocycles. The fourth-order valence-electron chi connectivity index (χ4n) is 3.09. The monoisotopic (exact) mass is 506 g/mol. The second-order valence-electron chi connectivity index (χ2n) is 8.14. The largest absolute Gasteiger partial charge is 0.480 e. The molecule has 0 spiro atoms. The summed E-state index contributed by atoms with van der Waals surface area (Å²) < 4.78 is 0. The highest BCUT2D eigenvalue weighted by Crippen LogP contribution is 2.06. The Labute approximate surface area is 205 Å². The topological polar surface area (TPSA) is 223 Å². The first kappa shape index (κ1) is 32.1. The van der Waals surface area contributed by atoms with Crippen LogP contribution in [0.1, 0.15) is 51.9 Å². The van der Waals surface area contributed by atoms with Crippen LogP contribution in [-0.2, 0) is 19.2 Å². The van der Waals surface area contributed by atoms with E-state index < -0.39 is 54.0 Å². The maximum Gasteiger partial charge on any atom is 0.326 e. The predicted octanol–water partition coefficient (Wildman–Crippen LogP) is -1.76. The molecule has 0 aromatic carbocycles. The Kier molecular flexibility index (Phi) is 17.4. The van der Waals surface area contributed by atoms with Crippen molar-refractivity contribution in [3.63, 3.8) is 0 Å². The molecule has 0 saturated carbocycles. The summed E-state index contributed by atoms with van der Waals surface area (Å²) >= 11 is 1.47. The minimum Gasteiger partial charge on any atom is -0.480 e. The second-order valence-corrected chi connectivity index (χ2v) is 9.13. The lowest BCUT2D eigenvalue weighted by Crippen LogP contribution is -2.59. The van der Waals surface area contributed by atoms with Gasteiger partial charge in [0.05, 0.1) is 12.1 Å². The highest BCUT2D eigenvalue weighted by molar-refractivity contribution is 7.98. The number of hydrogen-bond acceptors (Lipinski definition) is 9. The number of thioether (sulfide) groups is 1. The minimum absolute atomic E-state index is 0.160. The molecule has 0 rings (SSSR count). The van der Waals surface area contributed by atoms with Crippen LogP contribution in [0.25, 0.3) is 0 Å². The number of rotatable bonds is 19. The fourth-order valence-corrected chi connectivity index (χ4v) is 3.57. The quantitative estimate of drug-likeness (QED) is 0.0921. The lowest BCUT2D eigenvalue weighted by Gasteiger charge is -2.26. The number of carbonyl (C=O) groups excluding carboxylic acids is 3. The third-order valence-electron chi connectivity index (χ3n) is 5.17. The van der Waals surface area contributed by atoms with Crippen LogP contribution in [0.4, 0.5) is 0 Å². The Morgan fingerprint density at radius 3 is 1.88 bits per heavy atom. The highest BCUT2D eigenvalue weighted by atomic mass is 32.2. The van der Waals surface area contributed by atoms with Gasteiger partial charge < -0.3 is 43.4 Å². The number of aliphatic carboxylic acids is 1. The Balaban J connectivity index is 5.25. The van der Waals surface area contributed by atoms with E-state index in [4.69, 9.17) is 17.2 Å². The van der Waals surface area contributed by atoms with E-state index in [-0.39, 0.29) is 12.8 Å². The standard InChI is InChI=1S/C21H42N6O6S/c1-13(28)17(20(31)26-16(21(32)33)8-4-6-11-23)27-19(30)15(9-12-34-2)25-18(29)14(24)7-3-5-10-22/h13-17,28H,3-12,22-24H2,1-2H3,(H,25,29)(H,26,31)(H,27,30)(H,32,33). The molecule has 3 amide bonds. The van der Waals surface area contributed by atoms with Crippen molar-refractivity contribution >= 4 is 35.5 Å². The number of carboxylic acids is 1. The zero-order chi connectivity index (χ0) is 26.1. The Morgan fingerprint density at radius 2 is 1.38 bits per heavy atom. The van der Waals surface area contributed by atoms with Gasteiger partial charge >= 0.3 is 5.97 Å². The summed E-state index contributed by atoms with van der Waals surface area (Å²) in [4.78, 5) is 49.5. The van der Waals surface area contributed by atoms with E-state index in [1.54, 1.807) is 0 Å². The molecule has 0 heterocycles. The Bertz CT molecular complexity index is 639. The summed E-state index contributed by atoms with van der Waals surface area (Å²) in [5, 5.41) is 26.9. The third kappa shape index (κ3) is 13.1. The van der Waals surface area contributed by atoms with Crippen LogP contribution < -0.4 is 33.2 Å². The Morgan fingerprint density at radius 1 is 0.824 bits per heavy atom. The van der Waals surface area contributed by atoms with Gasteiger partial charge in [-0.05, 0) is 70.5 Å². The first-order chi connectivity index (χ1) is 16.1. The summed E-state index contributed by atoms with van der Waals surface area (Å²) in [7, 11) is 0. The van der Waals surface area contributed by atoms with E-state index >= 15 is 0 Å². The fraction of sp³-hybridized carbons (Fsp3) is 0.810. The van der Waals surface area contributed by atoms with E-state index in [0.29, 0.717) is 44.5 Å². The van der Waals surface area contributed by atoms with E-state index in [0.717, 1.165) is 6.42 Å². The first-order valence-corrected chi connectivity index (χ1v) is 12.9. The highest BCUT2D eigenvalue weighted by Gasteiger charge is 2.32. The molecule has 0 bridgehead atoms. The number of hydrogen-bond donors (Lipinski definition) is 8. The van der Waals surface area contributed by atoms with Crippen molar-refractivity contribution in [1.82, 2.24) is 16.0 Å². The lowest BCUT2D eigenvalue weighted by molar-refractivity contribution is -0.143. The number of aliphatic hydroxyl groups excluding tert-OH is 1. The maximum absolute atomic E-state index is 12.9. The SMILES string of the molecule is CSCCC(NC(=O)C(N)CCCCN)C(=O)NC(C(=O)NC(CCCCN)C(=O)O)C(C)O. The Hall–Kier alpha value is -1.93. The zero-order valence-corrected chi connectivity index (χ0v) is 20.9. The lowest BCUT2D eigenvalue weighted by atomic mass is 10.1. The molecule has 0 fully saturated rings. The van der Waals surface area contributed by atoms with Crippen molar-refractivity contribution < 1.29 is 29.4 Å². The molecule has 0 aliphatic rings. The molecule has 5 unspecified atom stereocenters. The number of amides is 3. The van der Waals surface area contributed by atoms with Crippen LogP contribution in [0.15, 0.2) is 0 Å². The zero-order valence-electron chi connectivity index (χ0n) is 20.1. The van der Waals surface area contributed by atoms with Gasteiger partial charge in [0.25, 0.3) is 0 Å². The summed E-state index contributed by atoms with van der Waals surface area (Å²) in [6.07, 6.45) is 3.89. The number of carboxylic acid groups (broad SMARTS) is 1. The van der Waals surface area contributed by atoms with Crippen molar-refractivity contribution in [3.05, 3.63) is 0 Å². The number of nitrogens with two attached hydrogens (primary N) is 3. The molecule has 13 heteroatoms. The van der Waals surface area contributed by atoms with Crippen LogP contribution in [0, 0.1) is 0 Å². The third-order valence-corrected chi connectivity index (χ3v) is 5.82. The number of unbranched alkanes of at least 4 members (excludes halogenated alkanes) is 2. The molecule has 198 valence electrons. The number of carbonyl (C=O) groups is 4. The van der Waals surface area contributed by atoms with Crippen molar-refractivity contribution in [2.45, 2.75) is 82.1 Å². The molecular weight excluding hydrogens is 464 g/mol. The summed E-state index contributed by atoms with van der Waals surface area (Å²) in [6.45, 7) is 2.19. The van der Waals surface area contributed by atoms with Crippen molar-refractivity contribution in [2.75, 3.05) is 25.1 Å². The van der Waals surface area contributed by atoms with Crippen molar-refractivity contribution in [3.8, 4) is 0 Å². The van der Waals surface area contributed by atoms with Gasteiger partial charge in [-0.15, -0.1) is 0 Å². The smallest absolute Gasteiger partial charge is 0.326 e. The van der Waals surface area contributed by atoms with E-state index in [9.17, 15) is 29.4 Å². The van der Waals surface area contributed by atoms with Gasteiger partial charge in [-0.1, -0.05) is 6.42 Å². The van der Waals surface area contributed by atoms with Crippen molar-refractivity contribution in [1.29, 1.82) is 0 Å². The van der Waals surface area contributed by atoms with Gasteiger partial charge in [0.1, 0.15) is 18.1 Å². The van der Waals surface area contributed by atoms with Gasteiger partial charge in [-0.2, -0.15) is 11.8 Å². The molecule has 0 saturated heterocycles. The number of nitrogens with one attached hydrogen (secondary N) is 3. The summed E-state index contributed by atoms with van der Waals surface area (Å²) in [5.41, 5.74) is 16.8. The molecule has 0 aliphatic heterocycles. The summed E-state index contributed by atoms with van der Waals surface area (Å²) in [5.74, 6) is -2.68. The molecule has 11 N–H and O–H groups in total. The normalized spacial score (nSPS) is 15.5. The van der Waals surface area contributed by atoms with Gasteiger partial charge in [0.15, 0.2) is 0 Å². The van der Waals surface area contributed by atoms with Gasteiger partial charge in [0.2, 0.25) is 17.7 Å². The van der Waals surface area contributed by atoms with Gasteiger partial charge in [-0.25, -0.2) is 4.79 Å². The number of aliphatic hydroxyl groups is 1. The molecule has 0 radical (unpaired) electrons. The van der Waals surface area contributed by atoms with Crippen molar-refractivity contribution in [2.24, 2.45) is 17.2 Å². The van der Waals surface area contributed by atoms with Crippen LogP contribution in [0.5, 0.6) is 0 Å². The molecular formula is C21H42N6O6S. The first-order valence-electron chi connectivity index (χ1n) is 11.6. The average molecular weight is 507 g/mol. The van der Waals surface area contributed by atoms with Gasteiger partial charge in [-0.3, -0.25) is 14.4 Å². The molecule has 0 aromatic rings. The van der Waals surface area contributed by atoms with Crippen LogP contribution in [0.3, 0.4) is 0 Å². The van der Waals surface area contributed by atoms with Crippen LogP contribution in [-0.4, -0.2) is 89.3 Å². The van der Waals surface area contributed by atoms with Crippen LogP contribution >= 0.6 is 11.8 Å². The molecule has 12 nitrogen and oxygen atoms in total. The van der Waals surface area contributed by atoms with Gasteiger partial charge in [0, 0.05) is 0 Å². The molecule has 0 aliphatic carbocycles. The second kappa shape index (κ2) is 18.4. The summed E-state index contributed by atoms with van der Waals surface area (Å²) in [6, 6.07) is -4.38. The van der Waals surface area contributed by atoms with E-state index in [2.05, 4.69) is 16.0 Å². The van der Waals surface area contributed by atoms with E-state index in [1.807, 2.05) is 6.26 Å². The minimum atomic E-state index is -1.41.